The zero-order valence-corrected chi connectivity index (χ0v) is 12.6. The van der Waals surface area contributed by atoms with E-state index in [9.17, 15) is 4.79 Å². The van der Waals surface area contributed by atoms with Gasteiger partial charge in [0.05, 0.1) is 14.2 Å². The third kappa shape index (κ3) is 3.84. The summed E-state index contributed by atoms with van der Waals surface area (Å²) in [7, 11) is 5.07. The average Bonchev–Trinajstić information content (AvgIpc) is 2.90. The summed E-state index contributed by atoms with van der Waals surface area (Å²) >= 11 is 0. The normalized spacial score (nSPS) is 10.4. The lowest BCUT2D eigenvalue weighted by Crippen LogP contribution is -2.07. The molecule has 0 saturated carbocycles. The molecule has 0 aliphatic rings. The van der Waals surface area contributed by atoms with Crippen molar-refractivity contribution in [2.24, 2.45) is 7.05 Å². The number of Topliss-reactive ketones (excluding diaryl/α,β-unsaturated/α-hetero) is 1. The maximum absolute atomic E-state index is 12.1. The molecule has 0 amide bonds. The van der Waals surface area contributed by atoms with Crippen molar-refractivity contribution in [2.45, 2.75) is 19.3 Å². The number of aromatic nitrogens is 2. The number of ether oxygens (including phenoxy) is 2. The number of benzene rings is 1. The van der Waals surface area contributed by atoms with E-state index in [1.807, 2.05) is 31.3 Å². The zero-order chi connectivity index (χ0) is 15.2. The van der Waals surface area contributed by atoms with Gasteiger partial charge < -0.3 is 9.47 Å². The van der Waals surface area contributed by atoms with Crippen molar-refractivity contribution in [3.63, 3.8) is 0 Å². The fourth-order valence-corrected chi connectivity index (χ4v) is 2.22. The SMILES string of the molecule is COc1ccc(CC(=O)CCc2ccnn2C)cc1OC. The van der Waals surface area contributed by atoms with E-state index in [1.165, 1.54) is 0 Å². The molecule has 2 aromatic rings. The van der Waals surface area contributed by atoms with Gasteiger partial charge in [-0.15, -0.1) is 0 Å². The summed E-state index contributed by atoms with van der Waals surface area (Å²) in [5.41, 5.74) is 2.00. The highest BCUT2D eigenvalue weighted by molar-refractivity contribution is 5.81. The Bertz CT molecular complexity index is 620. The lowest BCUT2D eigenvalue weighted by atomic mass is 10.0. The van der Waals surface area contributed by atoms with Gasteiger partial charge in [0, 0.05) is 31.8 Å². The molecule has 0 unspecified atom stereocenters. The van der Waals surface area contributed by atoms with Crippen LogP contribution in [0.3, 0.4) is 0 Å². The maximum atomic E-state index is 12.1. The third-order valence-corrected chi connectivity index (χ3v) is 3.43. The Labute approximate surface area is 124 Å². The highest BCUT2D eigenvalue weighted by Gasteiger charge is 2.09. The van der Waals surface area contributed by atoms with Crippen LogP contribution in [0, 0.1) is 0 Å². The predicted molar refractivity (Wildman–Crippen MR) is 79.8 cm³/mol. The van der Waals surface area contributed by atoms with Crippen LogP contribution in [0.1, 0.15) is 17.7 Å². The summed E-state index contributed by atoms with van der Waals surface area (Å²) in [5.74, 6) is 1.52. The third-order valence-electron chi connectivity index (χ3n) is 3.43. The molecule has 1 aromatic carbocycles. The van der Waals surface area contributed by atoms with Crippen LogP contribution in [0.5, 0.6) is 11.5 Å². The zero-order valence-electron chi connectivity index (χ0n) is 12.6. The topological polar surface area (TPSA) is 53.3 Å². The largest absolute Gasteiger partial charge is 0.493 e. The molecule has 5 nitrogen and oxygen atoms in total. The molecule has 1 aromatic heterocycles. The molecule has 21 heavy (non-hydrogen) atoms. The second kappa shape index (κ2) is 6.92. The van der Waals surface area contributed by atoms with E-state index < -0.39 is 0 Å². The Morgan fingerprint density at radius 3 is 2.57 bits per heavy atom. The smallest absolute Gasteiger partial charge is 0.161 e. The van der Waals surface area contributed by atoms with Gasteiger partial charge in [-0.2, -0.15) is 5.10 Å². The summed E-state index contributed by atoms with van der Waals surface area (Å²) in [6, 6.07) is 7.50. The first kappa shape index (κ1) is 15.1. The van der Waals surface area contributed by atoms with Gasteiger partial charge in [0.1, 0.15) is 5.78 Å². The van der Waals surface area contributed by atoms with Gasteiger partial charge in [-0.1, -0.05) is 6.07 Å². The van der Waals surface area contributed by atoms with Gasteiger partial charge >= 0.3 is 0 Å². The van der Waals surface area contributed by atoms with Gasteiger partial charge in [0.25, 0.3) is 0 Å². The Morgan fingerprint density at radius 1 is 1.19 bits per heavy atom. The molecule has 5 heteroatoms. The van der Waals surface area contributed by atoms with E-state index in [0.717, 1.165) is 11.3 Å². The van der Waals surface area contributed by atoms with Crippen molar-refractivity contribution < 1.29 is 14.3 Å². The first-order chi connectivity index (χ1) is 10.1. The van der Waals surface area contributed by atoms with Gasteiger partial charge in [0.2, 0.25) is 0 Å². The molecule has 0 aliphatic carbocycles. The molecule has 0 atom stereocenters. The van der Waals surface area contributed by atoms with E-state index in [4.69, 9.17) is 9.47 Å². The van der Waals surface area contributed by atoms with Crippen molar-refractivity contribution in [1.29, 1.82) is 0 Å². The van der Waals surface area contributed by atoms with Gasteiger partial charge in [-0.25, -0.2) is 0 Å². The average molecular weight is 288 g/mol. The van der Waals surface area contributed by atoms with Crippen LogP contribution in [0.15, 0.2) is 30.5 Å². The summed E-state index contributed by atoms with van der Waals surface area (Å²) in [4.78, 5) is 12.1. The Morgan fingerprint density at radius 2 is 1.95 bits per heavy atom. The molecule has 0 saturated heterocycles. The molecule has 1 heterocycles. The molecule has 112 valence electrons. The summed E-state index contributed by atoms with van der Waals surface area (Å²) < 4.78 is 12.2. The standard InChI is InChI=1S/C16H20N2O3/c1-18-13(8-9-17-18)5-6-14(19)10-12-4-7-15(20-2)16(11-12)21-3/h4,7-9,11H,5-6,10H2,1-3H3. The van der Waals surface area contributed by atoms with Crippen molar-refractivity contribution in [1.82, 2.24) is 9.78 Å². The predicted octanol–water partition coefficient (Wildman–Crippen LogP) is 2.18. The second-order valence-electron chi connectivity index (χ2n) is 4.85. The molecule has 0 fully saturated rings. The minimum absolute atomic E-state index is 0.198. The van der Waals surface area contributed by atoms with Crippen LogP contribution in [0.25, 0.3) is 0 Å². The van der Waals surface area contributed by atoms with Crippen LogP contribution < -0.4 is 9.47 Å². The Balaban J connectivity index is 1.95. The minimum Gasteiger partial charge on any atom is -0.493 e. The first-order valence-electron chi connectivity index (χ1n) is 6.83. The molecule has 0 aliphatic heterocycles. The summed E-state index contributed by atoms with van der Waals surface area (Å²) in [6.45, 7) is 0. The quantitative estimate of drug-likeness (QED) is 0.783. The van der Waals surface area contributed by atoms with E-state index >= 15 is 0 Å². The number of nitrogens with zero attached hydrogens (tertiary/aromatic N) is 2. The fourth-order valence-electron chi connectivity index (χ4n) is 2.22. The number of ketones is 1. The maximum Gasteiger partial charge on any atom is 0.161 e. The lowest BCUT2D eigenvalue weighted by Gasteiger charge is -2.09. The van der Waals surface area contributed by atoms with Gasteiger partial charge in [0.15, 0.2) is 11.5 Å². The molecule has 0 bridgehead atoms. The molecule has 0 spiro atoms. The van der Waals surface area contributed by atoms with Crippen LogP contribution in [0.4, 0.5) is 0 Å². The minimum atomic E-state index is 0.198. The van der Waals surface area contributed by atoms with Gasteiger partial charge in [-0.3, -0.25) is 9.48 Å². The lowest BCUT2D eigenvalue weighted by molar-refractivity contribution is -0.118. The van der Waals surface area contributed by atoms with E-state index in [0.29, 0.717) is 30.8 Å². The van der Waals surface area contributed by atoms with Crippen molar-refractivity contribution in [3.05, 3.63) is 41.7 Å². The molecule has 0 N–H and O–H groups in total. The highest BCUT2D eigenvalue weighted by atomic mass is 16.5. The van der Waals surface area contributed by atoms with Gasteiger partial charge in [-0.05, 0) is 30.2 Å². The van der Waals surface area contributed by atoms with Crippen LogP contribution >= 0.6 is 0 Å². The van der Waals surface area contributed by atoms with Crippen LogP contribution in [-0.4, -0.2) is 29.8 Å². The number of carbonyl (C=O) groups excluding carboxylic acids is 1. The van der Waals surface area contributed by atoms with Crippen LogP contribution in [-0.2, 0) is 24.7 Å². The molecular weight excluding hydrogens is 268 g/mol. The number of hydrogen-bond acceptors (Lipinski definition) is 4. The van der Waals surface area contributed by atoms with E-state index in [-0.39, 0.29) is 5.78 Å². The van der Waals surface area contributed by atoms with E-state index in [2.05, 4.69) is 5.10 Å². The number of methoxy groups -OCH3 is 2. The number of aryl methyl sites for hydroxylation is 2. The Kier molecular flexibility index (Phi) is 4.98. The Hall–Kier alpha value is -2.30. The summed E-state index contributed by atoms with van der Waals surface area (Å²) in [6.07, 6.45) is 3.36. The molecule has 0 radical (unpaired) electrons. The van der Waals surface area contributed by atoms with Crippen molar-refractivity contribution in [2.75, 3.05) is 14.2 Å². The van der Waals surface area contributed by atoms with Crippen molar-refractivity contribution >= 4 is 5.78 Å². The number of hydrogen-bond donors (Lipinski definition) is 0. The monoisotopic (exact) mass is 288 g/mol. The number of carbonyl (C=O) groups is 1. The second-order valence-corrected chi connectivity index (χ2v) is 4.85. The van der Waals surface area contributed by atoms with Crippen LogP contribution in [0.2, 0.25) is 0 Å². The molecular formula is C16H20N2O3. The van der Waals surface area contributed by atoms with Crippen molar-refractivity contribution in [3.8, 4) is 11.5 Å². The number of rotatable bonds is 7. The summed E-state index contributed by atoms with van der Waals surface area (Å²) in [5, 5.41) is 4.10. The first-order valence-corrected chi connectivity index (χ1v) is 6.83. The van der Waals surface area contributed by atoms with E-state index in [1.54, 1.807) is 25.1 Å². The highest BCUT2D eigenvalue weighted by Crippen LogP contribution is 2.27. The fraction of sp³-hybridized carbons (Fsp3) is 0.375. The molecule has 2 rings (SSSR count).